The zero-order valence-corrected chi connectivity index (χ0v) is 9.89. The molecule has 0 atom stereocenters. The number of unbranched alkanes of at least 4 members (excludes halogenated alkanes) is 2. The molecule has 3 N–H and O–H groups in total. The van der Waals surface area contributed by atoms with Crippen molar-refractivity contribution < 1.29 is 0 Å². The maximum absolute atomic E-state index is 5.20. The van der Waals surface area contributed by atoms with E-state index in [4.69, 9.17) is 5.84 Å². The summed E-state index contributed by atoms with van der Waals surface area (Å²) in [4.78, 5) is 8.34. The highest BCUT2D eigenvalue weighted by molar-refractivity contribution is 7.98. The summed E-state index contributed by atoms with van der Waals surface area (Å²) in [5.74, 6) is 7.94. The van der Waals surface area contributed by atoms with Crippen LogP contribution >= 0.6 is 11.8 Å². The Kier molecular flexibility index (Phi) is 6.11. The smallest absolute Gasteiger partial charge is 0.158 e. The van der Waals surface area contributed by atoms with Crippen molar-refractivity contribution in [3.63, 3.8) is 0 Å². The third-order valence-electron chi connectivity index (χ3n) is 2.00. The number of hydrogen-bond donors (Lipinski definition) is 2. The van der Waals surface area contributed by atoms with E-state index in [0.29, 0.717) is 5.82 Å². The van der Waals surface area contributed by atoms with Gasteiger partial charge in [0.25, 0.3) is 0 Å². The van der Waals surface area contributed by atoms with E-state index in [2.05, 4.69) is 22.3 Å². The molecule has 0 radical (unpaired) electrons. The molecule has 1 aromatic rings. The molecule has 0 aliphatic carbocycles. The second kappa shape index (κ2) is 7.48. The molecular weight excluding hydrogens is 208 g/mol. The summed E-state index contributed by atoms with van der Waals surface area (Å²) in [7, 11) is 0. The topological polar surface area (TPSA) is 63.8 Å². The van der Waals surface area contributed by atoms with E-state index < -0.39 is 0 Å². The number of nitrogens with one attached hydrogen (secondary N) is 1. The molecule has 1 aromatic heterocycles. The molecule has 0 aliphatic heterocycles. The van der Waals surface area contributed by atoms with Gasteiger partial charge in [0.2, 0.25) is 0 Å². The SMILES string of the molecule is CCCCCSCc1cnc(NN)cn1. The van der Waals surface area contributed by atoms with Crippen molar-refractivity contribution in [1.29, 1.82) is 0 Å². The van der Waals surface area contributed by atoms with Crippen LogP contribution < -0.4 is 11.3 Å². The van der Waals surface area contributed by atoms with Crippen LogP contribution in [0.4, 0.5) is 5.82 Å². The summed E-state index contributed by atoms with van der Waals surface area (Å²) in [6, 6.07) is 0. The third kappa shape index (κ3) is 4.99. The maximum Gasteiger partial charge on any atom is 0.158 e. The zero-order chi connectivity index (χ0) is 10.9. The van der Waals surface area contributed by atoms with Crippen LogP contribution in [-0.2, 0) is 5.75 Å². The van der Waals surface area contributed by atoms with Gasteiger partial charge in [-0.05, 0) is 12.2 Å². The predicted octanol–water partition coefficient (Wildman–Crippen LogP) is 2.19. The van der Waals surface area contributed by atoms with Gasteiger partial charge in [0.15, 0.2) is 5.82 Å². The largest absolute Gasteiger partial charge is 0.307 e. The minimum absolute atomic E-state index is 0.606. The minimum Gasteiger partial charge on any atom is -0.307 e. The number of nitrogen functional groups attached to an aromatic ring is 1. The van der Waals surface area contributed by atoms with Crippen LogP contribution in [0.15, 0.2) is 12.4 Å². The molecule has 0 saturated carbocycles. The van der Waals surface area contributed by atoms with Crippen molar-refractivity contribution in [3.05, 3.63) is 18.1 Å². The molecule has 0 fully saturated rings. The summed E-state index contributed by atoms with van der Waals surface area (Å²) in [5.41, 5.74) is 3.47. The van der Waals surface area contributed by atoms with Crippen LogP contribution in [0.3, 0.4) is 0 Å². The minimum atomic E-state index is 0.606. The van der Waals surface area contributed by atoms with Crippen LogP contribution in [0.1, 0.15) is 31.9 Å². The fourth-order valence-corrected chi connectivity index (χ4v) is 2.05. The predicted molar refractivity (Wildman–Crippen MR) is 65.5 cm³/mol. The molecule has 1 rings (SSSR count). The van der Waals surface area contributed by atoms with E-state index in [1.165, 1.54) is 25.0 Å². The number of aromatic nitrogens is 2. The first-order chi connectivity index (χ1) is 7.36. The van der Waals surface area contributed by atoms with Crippen molar-refractivity contribution >= 4 is 17.6 Å². The summed E-state index contributed by atoms with van der Waals surface area (Å²) in [6.45, 7) is 2.22. The summed E-state index contributed by atoms with van der Waals surface area (Å²) >= 11 is 1.91. The van der Waals surface area contributed by atoms with E-state index >= 15 is 0 Å². The highest BCUT2D eigenvalue weighted by Crippen LogP contribution is 2.12. The Bertz CT molecular complexity index is 263. The van der Waals surface area contributed by atoms with Gasteiger partial charge in [-0.1, -0.05) is 19.8 Å². The van der Waals surface area contributed by atoms with Gasteiger partial charge in [-0.25, -0.2) is 10.8 Å². The first kappa shape index (κ1) is 12.3. The lowest BCUT2D eigenvalue weighted by atomic mass is 10.3. The molecule has 1 heterocycles. The van der Waals surface area contributed by atoms with Crippen molar-refractivity contribution in [2.45, 2.75) is 31.9 Å². The molecule has 0 aliphatic rings. The number of hydrogen-bond acceptors (Lipinski definition) is 5. The Morgan fingerprint density at radius 3 is 2.80 bits per heavy atom. The van der Waals surface area contributed by atoms with E-state index in [9.17, 15) is 0 Å². The lowest BCUT2D eigenvalue weighted by Crippen LogP contribution is -2.08. The number of hydrazine groups is 1. The van der Waals surface area contributed by atoms with Gasteiger partial charge >= 0.3 is 0 Å². The molecule has 5 heteroatoms. The van der Waals surface area contributed by atoms with Crippen molar-refractivity contribution in [2.24, 2.45) is 5.84 Å². The van der Waals surface area contributed by atoms with Crippen LogP contribution in [0, 0.1) is 0 Å². The van der Waals surface area contributed by atoms with Gasteiger partial charge in [-0.2, -0.15) is 11.8 Å². The monoisotopic (exact) mass is 226 g/mol. The average molecular weight is 226 g/mol. The Morgan fingerprint density at radius 2 is 2.20 bits per heavy atom. The van der Waals surface area contributed by atoms with Crippen molar-refractivity contribution in [3.8, 4) is 0 Å². The van der Waals surface area contributed by atoms with Crippen LogP contribution in [0.5, 0.6) is 0 Å². The number of rotatable bonds is 7. The number of thioether (sulfide) groups is 1. The highest BCUT2D eigenvalue weighted by atomic mass is 32.2. The molecule has 0 unspecified atom stereocenters. The van der Waals surface area contributed by atoms with Crippen molar-refractivity contribution in [2.75, 3.05) is 11.2 Å². The first-order valence-corrected chi connectivity index (χ1v) is 6.37. The molecule has 0 amide bonds. The number of anilines is 1. The Morgan fingerprint density at radius 1 is 1.33 bits per heavy atom. The summed E-state index contributed by atoms with van der Waals surface area (Å²) in [6.07, 6.45) is 7.30. The molecule has 0 bridgehead atoms. The van der Waals surface area contributed by atoms with E-state index in [0.717, 1.165) is 11.4 Å². The second-order valence-electron chi connectivity index (χ2n) is 3.30. The van der Waals surface area contributed by atoms with Gasteiger partial charge in [0.1, 0.15) is 0 Å². The lowest BCUT2D eigenvalue weighted by Gasteiger charge is -2.02. The molecule has 4 nitrogen and oxygen atoms in total. The fourth-order valence-electron chi connectivity index (χ4n) is 1.13. The van der Waals surface area contributed by atoms with Gasteiger partial charge < -0.3 is 5.43 Å². The van der Waals surface area contributed by atoms with Gasteiger partial charge in [-0.15, -0.1) is 0 Å². The number of nitrogens with two attached hydrogens (primary N) is 1. The van der Waals surface area contributed by atoms with E-state index in [1.54, 1.807) is 12.4 Å². The molecule has 0 saturated heterocycles. The zero-order valence-electron chi connectivity index (χ0n) is 9.07. The molecule has 84 valence electrons. The molecule has 0 spiro atoms. The van der Waals surface area contributed by atoms with Crippen LogP contribution in [-0.4, -0.2) is 15.7 Å². The van der Waals surface area contributed by atoms with E-state index in [1.807, 2.05) is 11.8 Å². The third-order valence-corrected chi connectivity index (χ3v) is 3.07. The summed E-state index contributed by atoms with van der Waals surface area (Å²) < 4.78 is 0. The van der Waals surface area contributed by atoms with Gasteiger partial charge in [0.05, 0.1) is 18.1 Å². The fraction of sp³-hybridized carbons (Fsp3) is 0.600. The number of nitrogens with zero attached hydrogens (tertiary/aromatic N) is 2. The van der Waals surface area contributed by atoms with Crippen LogP contribution in [0.2, 0.25) is 0 Å². The second-order valence-corrected chi connectivity index (χ2v) is 4.40. The Hall–Kier alpha value is -0.810. The quantitative estimate of drug-likeness (QED) is 0.424. The first-order valence-electron chi connectivity index (χ1n) is 5.22. The summed E-state index contributed by atoms with van der Waals surface area (Å²) in [5, 5.41) is 0. The van der Waals surface area contributed by atoms with Gasteiger partial charge in [-0.3, -0.25) is 4.98 Å². The molecular formula is C10H18N4S. The molecule has 0 aromatic carbocycles. The van der Waals surface area contributed by atoms with Crippen molar-refractivity contribution in [1.82, 2.24) is 9.97 Å². The highest BCUT2D eigenvalue weighted by Gasteiger charge is 1.96. The average Bonchev–Trinajstić information content (AvgIpc) is 2.30. The Labute approximate surface area is 95.0 Å². The van der Waals surface area contributed by atoms with E-state index in [-0.39, 0.29) is 0 Å². The normalized spacial score (nSPS) is 10.3. The lowest BCUT2D eigenvalue weighted by molar-refractivity contribution is 0.778. The molecule has 15 heavy (non-hydrogen) atoms. The van der Waals surface area contributed by atoms with Crippen LogP contribution in [0.25, 0.3) is 0 Å². The Balaban J connectivity index is 2.20. The maximum atomic E-state index is 5.20. The van der Waals surface area contributed by atoms with Gasteiger partial charge in [0, 0.05) is 5.75 Å². The standard InChI is InChI=1S/C10H18N4S/c1-2-3-4-5-15-8-9-6-13-10(14-11)7-12-9/h6-7H,2-5,8,11H2,1H3,(H,13,14).